The molecule has 1 aromatic carbocycles. The highest BCUT2D eigenvalue weighted by Crippen LogP contribution is 2.37. The average molecular weight is 341 g/mol. The number of hydrogen-bond donors (Lipinski definition) is 1. The molecule has 128 valence electrons. The van der Waals surface area contributed by atoms with Gasteiger partial charge >= 0.3 is 0 Å². The van der Waals surface area contributed by atoms with Gasteiger partial charge in [-0.1, -0.05) is 6.92 Å². The van der Waals surface area contributed by atoms with Gasteiger partial charge in [-0.15, -0.1) is 0 Å². The van der Waals surface area contributed by atoms with Gasteiger partial charge in [-0.3, -0.25) is 0 Å². The summed E-state index contributed by atoms with van der Waals surface area (Å²) in [6.07, 6.45) is 2.38. The fraction of sp³-hybridized carbons (Fsp3) is 0.625. The second-order valence-corrected chi connectivity index (χ2v) is 8.20. The standard InChI is InChI=1S/C16H23NO5S/c1-2-16(12-18)6-3-7-17(11-16)23(19,20)13-4-5-14-15(10-13)22-9-8-21-14/h4-5,10,18H,2-3,6-9,11-12H2,1H3. The zero-order valence-corrected chi connectivity index (χ0v) is 14.1. The Morgan fingerprint density at radius 3 is 2.70 bits per heavy atom. The first-order chi connectivity index (χ1) is 11.0. The smallest absolute Gasteiger partial charge is 0.243 e. The lowest BCUT2D eigenvalue weighted by Gasteiger charge is -2.40. The zero-order chi connectivity index (χ0) is 16.5. The molecular formula is C16H23NO5S. The fourth-order valence-electron chi connectivity index (χ4n) is 3.23. The van der Waals surface area contributed by atoms with Gasteiger partial charge < -0.3 is 14.6 Å². The molecule has 0 amide bonds. The van der Waals surface area contributed by atoms with Gasteiger partial charge in [-0.2, -0.15) is 4.31 Å². The van der Waals surface area contributed by atoms with E-state index in [4.69, 9.17) is 9.47 Å². The lowest BCUT2D eigenvalue weighted by molar-refractivity contribution is 0.0609. The first kappa shape index (κ1) is 16.5. The van der Waals surface area contributed by atoms with Crippen LogP contribution in [0.5, 0.6) is 11.5 Å². The van der Waals surface area contributed by atoms with E-state index in [-0.39, 0.29) is 16.9 Å². The van der Waals surface area contributed by atoms with E-state index in [2.05, 4.69) is 0 Å². The van der Waals surface area contributed by atoms with Crippen LogP contribution in [0.15, 0.2) is 23.1 Å². The molecular weight excluding hydrogens is 318 g/mol. The van der Waals surface area contributed by atoms with Gasteiger partial charge in [0, 0.05) is 31.2 Å². The van der Waals surface area contributed by atoms with Crippen LogP contribution in [0.2, 0.25) is 0 Å². The van der Waals surface area contributed by atoms with Crippen molar-refractivity contribution in [2.24, 2.45) is 5.41 Å². The highest BCUT2D eigenvalue weighted by Gasteiger charge is 2.38. The van der Waals surface area contributed by atoms with Crippen LogP contribution in [-0.4, -0.2) is 50.7 Å². The molecule has 0 radical (unpaired) electrons. The molecule has 1 fully saturated rings. The molecule has 2 heterocycles. The Balaban J connectivity index is 1.89. The van der Waals surface area contributed by atoms with Crippen molar-refractivity contribution in [3.8, 4) is 11.5 Å². The topological polar surface area (TPSA) is 76.1 Å². The molecule has 3 rings (SSSR count). The Kier molecular flexibility index (Phi) is 4.53. The predicted molar refractivity (Wildman–Crippen MR) is 85.2 cm³/mol. The van der Waals surface area contributed by atoms with Crippen molar-refractivity contribution in [3.63, 3.8) is 0 Å². The highest BCUT2D eigenvalue weighted by molar-refractivity contribution is 7.89. The van der Waals surface area contributed by atoms with Crippen molar-refractivity contribution < 1.29 is 23.0 Å². The number of benzene rings is 1. The molecule has 1 atom stereocenters. The molecule has 0 aromatic heterocycles. The summed E-state index contributed by atoms with van der Waals surface area (Å²) in [4.78, 5) is 0.214. The van der Waals surface area contributed by atoms with E-state index in [0.717, 1.165) is 19.3 Å². The number of aliphatic hydroxyl groups excluding tert-OH is 1. The average Bonchev–Trinajstić information content (AvgIpc) is 2.61. The van der Waals surface area contributed by atoms with Crippen molar-refractivity contribution in [2.45, 2.75) is 31.1 Å². The number of hydrogen-bond acceptors (Lipinski definition) is 5. The van der Waals surface area contributed by atoms with E-state index >= 15 is 0 Å². The minimum absolute atomic E-state index is 0.0106. The van der Waals surface area contributed by atoms with Crippen LogP contribution in [-0.2, 0) is 10.0 Å². The van der Waals surface area contributed by atoms with E-state index < -0.39 is 10.0 Å². The van der Waals surface area contributed by atoms with Gasteiger partial charge in [0.15, 0.2) is 11.5 Å². The van der Waals surface area contributed by atoms with Crippen molar-refractivity contribution >= 4 is 10.0 Å². The molecule has 0 aliphatic carbocycles. The predicted octanol–water partition coefficient (Wildman–Crippen LogP) is 1.63. The fourth-order valence-corrected chi connectivity index (χ4v) is 4.84. The minimum Gasteiger partial charge on any atom is -0.486 e. The van der Waals surface area contributed by atoms with Crippen LogP contribution >= 0.6 is 0 Å². The number of fused-ring (bicyclic) bond motifs is 1. The van der Waals surface area contributed by atoms with Gasteiger partial charge in [-0.05, 0) is 31.4 Å². The molecule has 1 unspecified atom stereocenters. The molecule has 6 nitrogen and oxygen atoms in total. The summed E-state index contributed by atoms with van der Waals surface area (Å²) in [5, 5.41) is 9.70. The van der Waals surface area contributed by atoms with Gasteiger partial charge in [0.05, 0.1) is 4.90 Å². The van der Waals surface area contributed by atoms with E-state index in [1.165, 1.54) is 10.4 Å². The molecule has 2 aliphatic heterocycles. The number of rotatable bonds is 4. The Bertz CT molecular complexity index is 669. The molecule has 0 bridgehead atoms. The first-order valence-corrected chi connectivity index (χ1v) is 9.45. The lowest BCUT2D eigenvalue weighted by atomic mass is 9.79. The van der Waals surface area contributed by atoms with Crippen molar-refractivity contribution in [1.29, 1.82) is 0 Å². The third-order valence-electron chi connectivity index (χ3n) is 4.86. The van der Waals surface area contributed by atoms with Crippen LogP contribution in [0.4, 0.5) is 0 Å². The lowest BCUT2D eigenvalue weighted by Crippen LogP contribution is -2.47. The summed E-state index contributed by atoms with van der Waals surface area (Å²) in [5.74, 6) is 1.05. The van der Waals surface area contributed by atoms with E-state index in [1.54, 1.807) is 12.1 Å². The summed E-state index contributed by atoms with van der Waals surface area (Å²) in [6, 6.07) is 4.74. The number of aliphatic hydroxyl groups is 1. The van der Waals surface area contributed by atoms with Crippen molar-refractivity contribution in [1.82, 2.24) is 4.31 Å². The molecule has 23 heavy (non-hydrogen) atoms. The summed E-state index contributed by atoms with van der Waals surface area (Å²) in [7, 11) is -3.60. The maximum Gasteiger partial charge on any atom is 0.243 e. The van der Waals surface area contributed by atoms with Crippen LogP contribution in [0.1, 0.15) is 26.2 Å². The Morgan fingerprint density at radius 2 is 2.00 bits per heavy atom. The molecule has 1 saturated heterocycles. The Labute approximate surface area is 137 Å². The molecule has 2 aliphatic rings. The van der Waals surface area contributed by atoms with Crippen LogP contribution < -0.4 is 9.47 Å². The van der Waals surface area contributed by atoms with Gasteiger partial charge in [-0.25, -0.2) is 8.42 Å². The third kappa shape index (κ3) is 3.05. The molecule has 7 heteroatoms. The number of piperidine rings is 1. The minimum atomic E-state index is -3.60. The summed E-state index contributed by atoms with van der Waals surface area (Å²) in [5.41, 5.74) is -0.334. The SMILES string of the molecule is CCC1(CO)CCCN(S(=O)(=O)c2ccc3c(c2)OCCO3)C1. The first-order valence-electron chi connectivity index (χ1n) is 8.01. The number of sulfonamides is 1. The van der Waals surface area contributed by atoms with E-state index in [1.807, 2.05) is 6.92 Å². The van der Waals surface area contributed by atoms with Crippen LogP contribution in [0, 0.1) is 5.41 Å². The van der Waals surface area contributed by atoms with Gasteiger partial charge in [0.2, 0.25) is 10.0 Å². The second-order valence-electron chi connectivity index (χ2n) is 6.26. The van der Waals surface area contributed by atoms with Crippen LogP contribution in [0.25, 0.3) is 0 Å². The second kappa shape index (κ2) is 6.30. The maximum atomic E-state index is 12.9. The summed E-state index contributed by atoms with van der Waals surface area (Å²) < 4.78 is 38.3. The molecule has 0 saturated carbocycles. The summed E-state index contributed by atoms with van der Waals surface area (Å²) >= 11 is 0. The van der Waals surface area contributed by atoms with E-state index in [0.29, 0.717) is 37.8 Å². The number of ether oxygens (including phenoxy) is 2. The molecule has 1 aromatic rings. The van der Waals surface area contributed by atoms with Crippen molar-refractivity contribution in [2.75, 3.05) is 32.9 Å². The normalized spacial score (nSPS) is 25.3. The largest absolute Gasteiger partial charge is 0.486 e. The van der Waals surface area contributed by atoms with E-state index in [9.17, 15) is 13.5 Å². The van der Waals surface area contributed by atoms with Crippen LogP contribution in [0.3, 0.4) is 0 Å². The Morgan fingerprint density at radius 1 is 1.26 bits per heavy atom. The zero-order valence-electron chi connectivity index (χ0n) is 13.3. The molecule has 0 spiro atoms. The van der Waals surface area contributed by atoms with Gasteiger partial charge in [0.25, 0.3) is 0 Å². The Hall–Kier alpha value is -1.31. The quantitative estimate of drug-likeness (QED) is 0.901. The maximum absolute atomic E-state index is 12.9. The molecule has 1 N–H and O–H groups in total. The number of nitrogens with zero attached hydrogens (tertiary/aromatic N) is 1. The highest BCUT2D eigenvalue weighted by atomic mass is 32.2. The van der Waals surface area contributed by atoms with Gasteiger partial charge in [0.1, 0.15) is 13.2 Å². The summed E-state index contributed by atoms with van der Waals surface area (Å²) in [6.45, 7) is 3.74. The third-order valence-corrected chi connectivity index (χ3v) is 6.70. The monoisotopic (exact) mass is 341 g/mol. The van der Waals surface area contributed by atoms with Crippen molar-refractivity contribution in [3.05, 3.63) is 18.2 Å².